The van der Waals surface area contributed by atoms with Crippen molar-refractivity contribution in [1.29, 1.82) is 0 Å². The molecule has 0 aliphatic carbocycles. The van der Waals surface area contributed by atoms with Gasteiger partial charge >= 0.3 is 0 Å². The van der Waals surface area contributed by atoms with Crippen molar-refractivity contribution in [3.63, 3.8) is 0 Å². The Balaban J connectivity index is 1.58. The van der Waals surface area contributed by atoms with E-state index in [2.05, 4.69) is 22.9 Å². The molecule has 1 unspecified atom stereocenters. The third-order valence-electron chi connectivity index (χ3n) is 5.48. The molecule has 3 aromatic rings. The van der Waals surface area contributed by atoms with Gasteiger partial charge in [0.1, 0.15) is 5.52 Å². The average Bonchev–Trinajstić information content (AvgIpc) is 3.14. The molecule has 0 radical (unpaired) electrons. The highest BCUT2D eigenvalue weighted by molar-refractivity contribution is 9.10. The van der Waals surface area contributed by atoms with Crippen LogP contribution in [-0.4, -0.2) is 32.9 Å². The SMILES string of the molecule is CC1CCCN(C(=O)CCCn2c(=O)c3cccn3c3ccc(Br)cc32)C1. The third-order valence-corrected chi connectivity index (χ3v) is 5.98. The number of carbonyl (C=O) groups excluding carboxylic acids is 1. The molecule has 0 spiro atoms. The first-order valence-corrected chi connectivity index (χ1v) is 10.4. The first kappa shape index (κ1) is 18.3. The molecule has 142 valence electrons. The van der Waals surface area contributed by atoms with E-state index in [-0.39, 0.29) is 11.5 Å². The summed E-state index contributed by atoms with van der Waals surface area (Å²) < 4.78 is 4.68. The molecule has 0 N–H and O–H groups in total. The summed E-state index contributed by atoms with van der Waals surface area (Å²) in [4.78, 5) is 27.5. The third kappa shape index (κ3) is 3.55. The van der Waals surface area contributed by atoms with E-state index in [1.807, 2.05) is 50.4 Å². The largest absolute Gasteiger partial charge is 0.342 e. The molecular weight excluding hydrogens is 406 g/mol. The lowest BCUT2D eigenvalue weighted by Gasteiger charge is -2.31. The van der Waals surface area contributed by atoms with Gasteiger partial charge in [0.2, 0.25) is 5.91 Å². The number of aryl methyl sites for hydroxylation is 1. The molecule has 0 bridgehead atoms. The molecule has 1 atom stereocenters. The number of hydrogen-bond donors (Lipinski definition) is 0. The van der Waals surface area contributed by atoms with E-state index in [1.54, 1.807) is 0 Å². The van der Waals surface area contributed by atoms with E-state index in [4.69, 9.17) is 0 Å². The summed E-state index contributed by atoms with van der Waals surface area (Å²) in [6.07, 6.45) is 5.37. The maximum absolute atomic E-state index is 13.0. The Morgan fingerprint density at radius 1 is 1.22 bits per heavy atom. The highest BCUT2D eigenvalue weighted by Gasteiger charge is 2.20. The molecule has 5 nitrogen and oxygen atoms in total. The van der Waals surface area contributed by atoms with Crippen LogP contribution in [-0.2, 0) is 11.3 Å². The van der Waals surface area contributed by atoms with Crippen molar-refractivity contribution in [1.82, 2.24) is 13.9 Å². The van der Waals surface area contributed by atoms with Crippen LogP contribution in [0.4, 0.5) is 0 Å². The van der Waals surface area contributed by atoms with Gasteiger partial charge in [-0.1, -0.05) is 22.9 Å². The normalized spacial score (nSPS) is 17.7. The standard InChI is InChI=1S/C21H24BrN3O2/c1-15-5-2-10-23(14-15)20(26)7-4-12-25-19-13-16(22)8-9-17(19)24-11-3-6-18(24)21(25)27/h3,6,8-9,11,13,15H,2,4-5,7,10,12,14H2,1H3. The maximum atomic E-state index is 13.0. The van der Waals surface area contributed by atoms with Gasteiger partial charge in [0.15, 0.2) is 0 Å². The van der Waals surface area contributed by atoms with Gasteiger partial charge in [0.05, 0.1) is 11.0 Å². The Morgan fingerprint density at radius 2 is 2.07 bits per heavy atom. The van der Waals surface area contributed by atoms with Gasteiger partial charge < -0.3 is 13.9 Å². The molecule has 3 heterocycles. The molecular formula is C21H24BrN3O2. The number of amides is 1. The van der Waals surface area contributed by atoms with Crippen LogP contribution in [0.3, 0.4) is 0 Å². The Morgan fingerprint density at radius 3 is 2.89 bits per heavy atom. The minimum atomic E-state index is -0.00959. The molecule has 1 aromatic carbocycles. The van der Waals surface area contributed by atoms with Crippen LogP contribution in [0.15, 0.2) is 45.8 Å². The first-order valence-electron chi connectivity index (χ1n) is 9.61. The molecule has 0 saturated carbocycles. The number of halogens is 1. The second-order valence-electron chi connectivity index (χ2n) is 7.54. The van der Waals surface area contributed by atoms with Crippen LogP contribution in [0.1, 0.15) is 32.6 Å². The number of aromatic nitrogens is 2. The summed E-state index contributed by atoms with van der Waals surface area (Å²) in [6.45, 7) is 4.48. The number of benzene rings is 1. The van der Waals surface area contributed by atoms with Crippen LogP contribution in [0, 0.1) is 5.92 Å². The molecule has 1 amide bonds. The predicted octanol–water partition coefficient (Wildman–Crippen LogP) is 4.06. The van der Waals surface area contributed by atoms with E-state index >= 15 is 0 Å². The number of hydrogen-bond acceptors (Lipinski definition) is 2. The number of likely N-dealkylation sites (tertiary alicyclic amines) is 1. The zero-order chi connectivity index (χ0) is 19.0. The summed E-state index contributed by atoms with van der Waals surface area (Å²) in [7, 11) is 0. The highest BCUT2D eigenvalue weighted by atomic mass is 79.9. The summed E-state index contributed by atoms with van der Waals surface area (Å²) >= 11 is 3.51. The fraction of sp³-hybridized carbons (Fsp3) is 0.429. The fourth-order valence-corrected chi connectivity index (χ4v) is 4.46. The van der Waals surface area contributed by atoms with Gasteiger partial charge in [-0.2, -0.15) is 0 Å². The smallest absolute Gasteiger partial charge is 0.275 e. The van der Waals surface area contributed by atoms with E-state index in [1.165, 1.54) is 6.42 Å². The molecule has 1 aliphatic heterocycles. The lowest BCUT2D eigenvalue weighted by molar-refractivity contribution is -0.133. The average molecular weight is 430 g/mol. The number of piperidine rings is 1. The lowest BCUT2D eigenvalue weighted by Crippen LogP contribution is -2.39. The second kappa shape index (κ2) is 7.50. The van der Waals surface area contributed by atoms with Gasteiger partial charge in [-0.15, -0.1) is 0 Å². The Kier molecular flexibility index (Phi) is 5.08. The Bertz CT molecular complexity index is 1050. The summed E-state index contributed by atoms with van der Waals surface area (Å²) in [5.41, 5.74) is 2.54. The number of nitrogens with zero attached hydrogens (tertiary/aromatic N) is 3. The minimum Gasteiger partial charge on any atom is -0.342 e. The zero-order valence-electron chi connectivity index (χ0n) is 15.5. The summed E-state index contributed by atoms with van der Waals surface area (Å²) in [6, 6.07) is 9.72. The highest BCUT2D eigenvalue weighted by Crippen LogP contribution is 2.21. The zero-order valence-corrected chi connectivity index (χ0v) is 17.1. The topological polar surface area (TPSA) is 46.7 Å². The number of fused-ring (bicyclic) bond motifs is 3. The van der Waals surface area contributed by atoms with Gasteiger partial charge in [0, 0.05) is 36.7 Å². The minimum absolute atomic E-state index is 0.00959. The Hall–Kier alpha value is -2.08. The van der Waals surface area contributed by atoms with Crippen molar-refractivity contribution in [2.75, 3.05) is 13.1 Å². The molecule has 27 heavy (non-hydrogen) atoms. The molecule has 4 rings (SSSR count). The van der Waals surface area contributed by atoms with E-state index in [0.717, 1.165) is 35.0 Å². The van der Waals surface area contributed by atoms with Crippen LogP contribution in [0.5, 0.6) is 0 Å². The monoisotopic (exact) mass is 429 g/mol. The summed E-state index contributed by atoms with van der Waals surface area (Å²) in [5, 5.41) is 0. The van der Waals surface area contributed by atoms with Crippen LogP contribution in [0.25, 0.3) is 16.6 Å². The molecule has 1 fully saturated rings. The van der Waals surface area contributed by atoms with Crippen molar-refractivity contribution in [2.45, 2.75) is 39.2 Å². The predicted molar refractivity (Wildman–Crippen MR) is 111 cm³/mol. The Labute approximate surface area is 166 Å². The van der Waals surface area contributed by atoms with Crippen molar-refractivity contribution in [3.8, 4) is 0 Å². The number of carbonyl (C=O) groups is 1. The van der Waals surface area contributed by atoms with E-state index in [0.29, 0.717) is 30.8 Å². The molecule has 1 saturated heterocycles. The van der Waals surface area contributed by atoms with Crippen molar-refractivity contribution in [3.05, 3.63) is 51.4 Å². The van der Waals surface area contributed by atoms with E-state index in [9.17, 15) is 9.59 Å². The van der Waals surface area contributed by atoms with Crippen LogP contribution in [0.2, 0.25) is 0 Å². The fourth-order valence-electron chi connectivity index (χ4n) is 4.11. The molecule has 2 aromatic heterocycles. The van der Waals surface area contributed by atoms with Crippen LogP contribution >= 0.6 is 15.9 Å². The van der Waals surface area contributed by atoms with Crippen molar-refractivity contribution < 1.29 is 4.79 Å². The quantitative estimate of drug-likeness (QED) is 0.627. The second-order valence-corrected chi connectivity index (χ2v) is 8.46. The number of rotatable bonds is 4. The van der Waals surface area contributed by atoms with Gasteiger partial charge in [-0.05, 0) is 55.5 Å². The van der Waals surface area contributed by atoms with Gasteiger partial charge in [-0.3, -0.25) is 9.59 Å². The summed E-state index contributed by atoms with van der Waals surface area (Å²) in [5.74, 6) is 0.798. The molecule has 1 aliphatic rings. The van der Waals surface area contributed by atoms with Crippen molar-refractivity contribution in [2.24, 2.45) is 5.92 Å². The lowest BCUT2D eigenvalue weighted by atomic mass is 10.00. The first-order chi connectivity index (χ1) is 13.0. The molecule has 6 heteroatoms. The maximum Gasteiger partial charge on any atom is 0.275 e. The van der Waals surface area contributed by atoms with E-state index < -0.39 is 0 Å². The van der Waals surface area contributed by atoms with Crippen LogP contribution < -0.4 is 5.56 Å². The van der Waals surface area contributed by atoms with Crippen molar-refractivity contribution >= 4 is 38.4 Å². The van der Waals surface area contributed by atoms with Gasteiger partial charge in [-0.25, -0.2) is 0 Å². The van der Waals surface area contributed by atoms with Gasteiger partial charge in [0.25, 0.3) is 5.56 Å².